The molecule has 0 aliphatic carbocycles. The maximum atomic E-state index is 5.68. The second kappa shape index (κ2) is 5.06. The van der Waals surface area contributed by atoms with Crippen molar-refractivity contribution >= 4 is 0 Å². The van der Waals surface area contributed by atoms with Crippen LogP contribution in [-0.2, 0) is 5.54 Å². The lowest BCUT2D eigenvalue weighted by Crippen LogP contribution is -2.39. The van der Waals surface area contributed by atoms with E-state index in [0.717, 1.165) is 43.2 Å². The number of piperidine rings is 1. The van der Waals surface area contributed by atoms with Crippen LogP contribution in [0.2, 0.25) is 0 Å². The Bertz CT molecular complexity index is 494. The van der Waals surface area contributed by atoms with Gasteiger partial charge in [0.2, 0.25) is 5.89 Å². The van der Waals surface area contributed by atoms with E-state index in [-0.39, 0.29) is 5.54 Å². The van der Waals surface area contributed by atoms with Gasteiger partial charge < -0.3 is 14.7 Å². The first-order chi connectivity index (χ1) is 10.2. The highest BCUT2D eigenvalue weighted by Crippen LogP contribution is 2.42. The molecule has 3 aliphatic heterocycles. The highest BCUT2D eigenvalue weighted by atomic mass is 16.5. The predicted molar refractivity (Wildman–Crippen MR) is 80.1 cm³/mol. The summed E-state index contributed by atoms with van der Waals surface area (Å²) in [7, 11) is 2.27. The van der Waals surface area contributed by atoms with Crippen LogP contribution in [0.1, 0.15) is 69.5 Å². The van der Waals surface area contributed by atoms with Crippen LogP contribution in [0, 0.1) is 0 Å². The Morgan fingerprint density at radius 1 is 1.33 bits per heavy atom. The van der Waals surface area contributed by atoms with Crippen molar-refractivity contribution in [1.29, 1.82) is 0 Å². The summed E-state index contributed by atoms with van der Waals surface area (Å²) < 4.78 is 5.68. The molecule has 3 saturated heterocycles. The third-order valence-electron chi connectivity index (χ3n) is 6.16. The Kier molecular flexibility index (Phi) is 3.30. The third-order valence-corrected chi connectivity index (χ3v) is 6.16. The van der Waals surface area contributed by atoms with Crippen molar-refractivity contribution in [3.63, 3.8) is 0 Å². The van der Waals surface area contributed by atoms with Gasteiger partial charge in [0, 0.05) is 18.0 Å². The summed E-state index contributed by atoms with van der Waals surface area (Å²) in [4.78, 5) is 7.38. The Morgan fingerprint density at radius 3 is 2.71 bits per heavy atom. The van der Waals surface area contributed by atoms with Crippen LogP contribution in [0.15, 0.2) is 4.52 Å². The largest absolute Gasteiger partial charge is 0.337 e. The zero-order valence-corrected chi connectivity index (χ0v) is 13.1. The van der Waals surface area contributed by atoms with Crippen LogP contribution >= 0.6 is 0 Å². The molecule has 3 unspecified atom stereocenters. The average molecular weight is 290 g/mol. The molecule has 3 fully saturated rings. The minimum atomic E-state index is -0.0598. The number of nitrogens with zero attached hydrogens (tertiary/aromatic N) is 3. The topological polar surface area (TPSA) is 54.2 Å². The molecule has 3 atom stereocenters. The lowest BCUT2D eigenvalue weighted by atomic mass is 9.90. The molecule has 116 valence electrons. The lowest BCUT2D eigenvalue weighted by molar-refractivity contribution is 0.157. The van der Waals surface area contributed by atoms with Crippen molar-refractivity contribution in [2.75, 3.05) is 13.6 Å². The van der Waals surface area contributed by atoms with Crippen LogP contribution in [0.5, 0.6) is 0 Å². The fraction of sp³-hybridized carbons (Fsp3) is 0.875. The molecule has 21 heavy (non-hydrogen) atoms. The van der Waals surface area contributed by atoms with Gasteiger partial charge in [0.05, 0.1) is 5.54 Å². The van der Waals surface area contributed by atoms with Crippen molar-refractivity contribution < 1.29 is 4.52 Å². The lowest BCUT2D eigenvalue weighted by Gasteiger charge is -2.34. The first-order valence-electron chi connectivity index (χ1n) is 8.53. The molecule has 4 rings (SSSR count). The first-order valence-corrected chi connectivity index (χ1v) is 8.53. The molecule has 2 bridgehead atoms. The van der Waals surface area contributed by atoms with Gasteiger partial charge in [-0.2, -0.15) is 4.98 Å². The van der Waals surface area contributed by atoms with Crippen LogP contribution in [0.25, 0.3) is 0 Å². The number of nitrogens with one attached hydrogen (secondary N) is 1. The summed E-state index contributed by atoms with van der Waals surface area (Å²) in [5, 5.41) is 7.94. The number of aromatic nitrogens is 2. The molecule has 4 heterocycles. The van der Waals surface area contributed by atoms with Gasteiger partial charge in [-0.05, 0) is 58.5 Å². The van der Waals surface area contributed by atoms with E-state index >= 15 is 0 Å². The van der Waals surface area contributed by atoms with Gasteiger partial charge in [-0.1, -0.05) is 12.1 Å². The zero-order valence-electron chi connectivity index (χ0n) is 13.1. The summed E-state index contributed by atoms with van der Waals surface area (Å²) in [5.41, 5.74) is -0.0598. The Balaban J connectivity index is 1.55. The molecule has 1 aromatic heterocycles. The van der Waals surface area contributed by atoms with E-state index in [4.69, 9.17) is 9.51 Å². The molecule has 0 saturated carbocycles. The summed E-state index contributed by atoms with van der Waals surface area (Å²) in [6.07, 6.45) is 8.39. The van der Waals surface area contributed by atoms with E-state index in [2.05, 4.69) is 29.3 Å². The van der Waals surface area contributed by atoms with E-state index in [1.807, 2.05) is 0 Å². The molecular formula is C16H26N4O. The normalized spacial score (nSPS) is 40.0. The second-order valence-corrected chi connectivity index (χ2v) is 7.14. The van der Waals surface area contributed by atoms with Gasteiger partial charge in [-0.3, -0.25) is 0 Å². The van der Waals surface area contributed by atoms with Crippen molar-refractivity contribution in [2.24, 2.45) is 0 Å². The van der Waals surface area contributed by atoms with Gasteiger partial charge >= 0.3 is 0 Å². The third kappa shape index (κ3) is 2.13. The van der Waals surface area contributed by atoms with Crippen molar-refractivity contribution in [3.05, 3.63) is 11.7 Å². The molecular weight excluding hydrogens is 264 g/mol. The number of hydrogen-bond donors (Lipinski definition) is 1. The second-order valence-electron chi connectivity index (χ2n) is 7.14. The standard InChI is InChI=1S/C16H26N4O/c1-3-16(7-4-8-17-16)15-18-14(19-21-15)11-9-12-5-6-13(10-11)20(12)2/h11-13,17H,3-10H2,1-2H3. The maximum absolute atomic E-state index is 5.68. The smallest absolute Gasteiger partial charge is 0.246 e. The van der Waals surface area contributed by atoms with Gasteiger partial charge in [-0.15, -0.1) is 0 Å². The minimum absolute atomic E-state index is 0.0598. The highest BCUT2D eigenvalue weighted by molar-refractivity contribution is 5.10. The summed E-state index contributed by atoms with van der Waals surface area (Å²) in [6.45, 7) is 3.27. The first kappa shape index (κ1) is 13.7. The van der Waals surface area contributed by atoms with E-state index < -0.39 is 0 Å². The van der Waals surface area contributed by atoms with E-state index in [0.29, 0.717) is 5.92 Å². The van der Waals surface area contributed by atoms with Crippen LogP contribution in [-0.4, -0.2) is 40.7 Å². The summed E-state index contributed by atoms with van der Waals surface area (Å²) in [6, 6.07) is 1.45. The van der Waals surface area contributed by atoms with Crippen LogP contribution in [0.4, 0.5) is 0 Å². The predicted octanol–water partition coefficient (Wildman–Crippen LogP) is 2.40. The Hall–Kier alpha value is -0.940. The summed E-state index contributed by atoms with van der Waals surface area (Å²) >= 11 is 0. The highest BCUT2D eigenvalue weighted by Gasteiger charge is 2.43. The van der Waals surface area contributed by atoms with Crippen molar-refractivity contribution in [1.82, 2.24) is 20.4 Å². The van der Waals surface area contributed by atoms with Gasteiger partial charge in [0.25, 0.3) is 0 Å². The fourth-order valence-electron chi connectivity index (χ4n) is 4.66. The fourth-order valence-corrected chi connectivity index (χ4v) is 4.66. The zero-order chi connectivity index (χ0) is 14.4. The van der Waals surface area contributed by atoms with Crippen molar-refractivity contribution in [3.8, 4) is 0 Å². The van der Waals surface area contributed by atoms with Crippen LogP contribution in [0.3, 0.4) is 0 Å². The number of hydrogen-bond acceptors (Lipinski definition) is 5. The molecule has 0 spiro atoms. The van der Waals surface area contributed by atoms with Gasteiger partial charge in [0.1, 0.15) is 0 Å². The molecule has 0 aromatic carbocycles. The molecule has 0 amide bonds. The van der Waals surface area contributed by atoms with Crippen molar-refractivity contribution in [2.45, 2.75) is 75.4 Å². The Morgan fingerprint density at radius 2 is 2.10 bits per heavy atom. The van der Waals surface area contributed by atoms with Gasteiger partial charge in [-0.25, -0.2) is 0 Å². The number of rotatable bonds is 3. The van der Waals surface area contributed by atoms with Crippen LogP contribution < -0.4 is 5.32 Å². The Labute approximate surface area is 126 Å². The summed E-state index contributed by atoms with van der Waals surface area (Å²) in [5.74, 6) is 2.27. The van der Waals surface area contributed by atoms with Gasteiger partial charge in [0.15, 0.2) is 5.82 Å². The SMILES string of the molecule is CCC1(c2nc(C3CC4CCC(C3)N4C)no2)CCCN1. The monoisotopic (exact) mass is 290 g/mol. The molecule has 5 nitrogen and oxygen atoms in total. The minimum Gasteiger partial charge on any atom is -0.337 e. The molecule has 0 radical (unpaired) electrons. The average Bonchev–Trinajstić information content (AvgIpc) is 3.19. The molecule has 1 N–H and O–H groups in total. The van der Waals surface area contributed by atoms with E-state index in [9.17, 15) is 0 Å². The quantitative estimate of drug-likeness (QED) is 0.926. The van der Waals surface area contributed by atoms with E-state index in [1.165, 1.54) is 32.1 Å². The molecule has 1 aromatic rings. The maximum Gasteiger partial charge on any atom is 0.246 e. The molecule has 3 aliphatic rings. The molecule has 5 heteroatoms. The number of fused-ring (bicyclic) bond motifs is 2. The van der Waals surface area contributed by atoms with E-state index in [1.54, 1.807) is 0 Å².